The summed E-state index contributed by atoms with van der Waals surface area (Å²) in [6.45, 7) is 6.17. The number of hydrogen-bond donors (Lipinski definition) is 0. The number of rotatable bonds is 6. The summed E-state index contributed by atoms with van der Waals surface area (Å²) in [5.74, 6) is 0.0804. The third kappa shape index (κ3) is 4.38. The highest BCUT2D eigenvalue weighted by atomic mass is 32.2. The van der Waals surface area contributed by atoms with Gasteiger partial charge < -0.3 is 9.64 Å². The smallest absolute Gasteiger partial charge is 0.337 e. The fourth-order valence-corrected chi connectivity index (χ4v) is 4.18. The molecule has 0 unspecified atom stereocenters. The minimum atomic E-state index is -0.478. The molecular weight excluding hydrogens is 378 g/mol. The fourth-order valence-electron chi connectivity index (χ4n) is 3.27. The molecule has 7 nitrogen and oxygen atoms in total. The molecule has 8 heteroatoms. The number of carbonyl (C=O) groups excluding carboxylic acids is 2. The normalized spacial score (nSPS) is 14.1. The molecule has 0 spiro atoms. The predicted octanol–water partition coefficient (Wildman–Crippen LogP) is 2.55. The highest BCUT2D eigenvalue weighted by molar-refractivity contribution is 7.99. The van der Waals surface area contributed by atoms with Crippen molar-refractivity contribution < 1.29 is 14.3 Å². The summed E-state index contributed by atoms with van der Waals surface area (Å²) in [7, 11) is 1.31. The Morgan fingerprint density at radius 1 is 1.25 bits per heavy atom. The largest absolute Gasteiger partial charge is 0.465 e. The Bertz CT molecular complexity index is 948. The van der Waals surface area contributed by atoms with E-state index in [1.165, 1.54) is 18.9 Å². The lowest BCUT2D eigenvalue weighted by molar-refractivity contribution is -0.127. The Balaban J connectivity index is 1.97. The second-order valence-corrected chi connectivity index (χ2v) is 8.25. The van der Waals surface area contributed by atoms with Gasteiger partial charge in [0.25, 0.3) is 5.56 Å². The Labute approximate surface area is 168 Å². The summed E-state index contributed by atoms with van der Waals surface area (Å²) in [5, 5.41) is 0.948. The quantitative estimate of drug-likeness (QED) is 0.419. The molecule has 0 atom stereocenters. The molecule has 1 saturated heterocycles. The van der Waals surface area contributed by atoms with Crippen LogP contribution in [0.25, 0.3) is 10.9 Å². The second-order valence-electron chi connectivity index (χ2n) is 7.30. The predicted molar refractivity (Wildman–Crippen MR) is 109 cm³/mol. The highest BCUT2D eigenvalue weighted by Gasteiger charge is 2.20. The first-order valence-electron chi connectivity index (χ1n) is 9.44. The number of fused-ring (bicyclic) bond motifs is 1. The van der Waals surface area contributed by atoms with Gasteiger partial charge in [-0.3, -0.25) is 14.2 Å². The zero-order valence-electron chi connectivity index (χ0n) is 16.4. The van der Waals surface area contributed by atoms with Gasteiger partial charge in [0.1, 0.15) is 0 Å². The first-order chi connectivity index (χ1) is 13.4. The summed E-state index contributed by atoms with van der Waals surface area (Å²) in [5.41, 5.74) is 0.614. The second kappa shape index (κ2) is 8.77. The van der Waals surface area contributed by atoms with Gasteiger partial charge in [-0.15, -0.1) is 0 Å². The van der Waals surface area contributed by atoms with Crippen molar-refractivity contribution in [3.8, 4) is 0 Å². The number of esters is 1. The van der Waals surface area contributed by atoms with Gasteiger partial charge in [-0.1, -0.05) is 25.6 Å². The summed E-state index contributed by atoms with van der Waals surface area (Å²) in [6.07, 6.45) is 2.08. The van der Waals surface area contributed by atoms with Crippen LogP contribution in [0, 0.1) is 5.92 Å². The van der Waals surface area contributed by atoms with Crippen molar-refractivity contribution in [3.05, 3.63) is 34.1 Å². The van der Waals surface area contributed by atoms with E-state index in [-0.39, 0.29) is 23.1 Å². The number of benzene rings is 1. The van der Waals surface area contributed by atoms with E-state index >= 15 is 0 Å². The van der Waals surface area contributed by atoms with E-state index in [9.17, 15) is 14.4 Å². The lowest BCUT2D eigenvalue weighted by Crippen LogP contribution is -2.30. The van der Waals surface area contributed by atoms with Crippen LogP contribution in [0.2, 0.25) is 0 Å². The summed E-state index contributed by atoms with van der Waals surface area (Å²) >= 11 is 1.28. The van der Waals surface area contributed by atoms with Crippen molar-refractivity contribution >= 4 is 34.5 Å². The van der Waals surface area contributed by atoms with Crippen LogP contribution in [0.1, 0.15) is 37.0 Å². The molecule has 1 aromatic heterocycles. The van der Waals surface area contributed by atoms with E-state index in [2.05, 4.69) is 4.98 Å². The minimum Gasteiger partial charge on any atom is -0.465 e. The molecular formula is C20H25N3O4S. The van der Waals surface area contributed by atoms with Gasteiger partial charge in [-0.2, -0.15) is 0 Å². The number of thioether (sulfide) groups is 1. The molecule has 1 amide bonds. The lowest BCUT2D eigenvalue weighted by atomic mass is 10.1. The topological polar surface area (TPSA) is 81.5 Å². The number of hydrogen-bond acceptors (Lipinski definition) is 6. The maximum absolute atomic E-state index is 13.0. The third-order valence-corrected chi connectivity index (χ3v) is 5.63. The summed E-state index contributed by atoms with van der Waals surface area (Å²) in [4.78, 5) is 43.7. The van der Waals surface area contributed by atoms with Crippen LogP contribution < -0.4 is 5.56 Å². The Morgan fingerprint density at radius 2 is 1.96 bits per heavy atom. The van der Waals surface area contributed by atoms with E-state index in [1.807, 2.05) is 18.7 Å². The molecule has 2 aromatic rings. The van der Waals surface area contributed by atoms with Crippen molar-refractivity contribution in [3.63, 3.8) is 0 Å². The number of carbonyl (C=O) groups is 2. The zero-order chi connectivity index (χ0) is 20.3. The Hall–Kier alpha value is -2.35. The average molecular weight is 404 g/mol. The van der Waals surface area contributed by atoms with Crippen molar-refractivity contribution in [2.45, 2.75) is 38.4 Å². The van der Waals surface area contributed by atoms with Crippen LogP contribution in [0.4, 0.5) is 0 Å². The van der Waals surface area contributed by atoms with Crippen molar-refractivity contribution in [1.82, 2.24) is 14.5 Å². The third-order valence-electron chi connectivity index (χ3n) is 4.67. The average Bonchev–Trinajstić information content (AvgIpc) is 3.22. The minimum absolute atomic E-state index is 0.0660. The zero-order valence-corrected chi connectivity index (χ0v) is 17.3. The van der Waals surface area contributed by atoms with Gasteiger partial charge in [0.15, 0.2) is 5.16 Å². The number of likely N-dealkylation sites (tertiary alicyclic amines) is 1. The van der Waals surface area contributed by atoms with Gasteiger partial charge in [-0.05, 0) is 37.0 Å². The Kier molecular flexibility index (Phi) is 6.39. The van der Waals surface area contributed by atoms with E-state index in [0.717, 1.165) is 25.9 Å². The molecule has 2 heterocycles. The van der Waals surface area contributed by atoms with Gasteiger partial charge in [0.05, 0.1) is 29.3 Å². The van der Waals surface area contributed by atoms with Crippen molar-refractivity contribution in [1.29, 1.82) is 0 Å². The fraction of sp³-hybridized carbons (Fsp3) is 0.500. The molecule has 150 valence electrons. The summed E-state index contributed by atoms with van der Waals surface area (Å²) < 4.78 is 6.38. The molecule has 0 radical (unpaired) electrons. The van der Waals surface area contributed by atoms with Crippen LogP contribution in [0.5, 0.6) is 0 Å². The van der Waals surface area contributed by atoms with Crippen LogP contribution >= 0.6 is 11.8 Å². The molecule has 0 saturated carbocycles. The maximum Gasteiger partial charge on any atom is 0.337 e. The molecule has 1 aliphatic rings. The molecule has 1 aromatic carbocycles. The lowest BCUT2D eigenvalue weighted by Gasteiger charge is -2.17. The monoisotopic (exact) mass is 403 g/mol. The van der Waals surface area contributed by atoms with Crippen molar-refractivity contribution in [2.75, 3.05) is 26.0 Å². The molecule has 0 bridgehead atoms. The molecule has 28 heavy (non-hydrogen) atoms. The first kappa shape index (κ1) is 20.4. The molecule has 3 rings (SSSR count). The van der Waals surface area contributed by atoms with E-state index in [0.29, 0.717) is 28.2 Å². The van der Waals surface area contributed by atoms with E-state index < -0.39 is 5.97 Å². The standard InChI is InChI=1S/C20H25N3O4S/c1-13(2)11-23-18(25)15-7-6-14(19(26)27-3)10-16(15)21-20(23)28-12-17(24)22-8-4-5-9-22/h6-7,10,13H,4-5,8-9,11-12H2,1-3H3. The number of nitrogens with zero attached hydrogens (tertiary/aromatic N) is 3. The molecule has 1 aliphatic heterocycles. The number of amides is 1. The van der Waals surface area contributed by atoms with Gasteiger partial charge in [0.2, 0.25) is 5.91 Å². The molecule has 0 N–H and O–H groups in total. The van der Waals surface area contributed by atoms with Crippen LogP contribution in [0.3, 0.4) is 0 Å². The first-order valence-corrected chi connectivity index (χ1v) is 10.4. The van der Waals surface area contributed by atoms with Gasteiger partial charge in [-0.25, -0.2) is 9.78 Å². The highest BCUT2D eigenvalue weighted by Crippen LogP contribution is 2.21. The van der Waals surface area contributed by atoms with Crippen LogP contribution in [-0.4, -0.2) is 52.3 Å². The number of aromatic nitrogens is 2. The maximum atomic E-state index is 13.0. The van der Waals surface area contributed by atoms with Crippen molar-refractivity contribution in [2.24, 2.45) is 5.92 Å². The summed E-state index contributed by atoms with van der Waals surface area (Å²) in [6, 6.07) is 4.74. The molecule has 1 fully saturated rings. The number of ether oxygens (including phenoxy) is 1. The molecule has 0 aliphatic carbocycles. The van der Waals surface area contributed by atoms with E-state index in [4.69, 9.17) is 4.74 Å². The number of methoxy groups -OCH3 is 1. The van der Waals surface area contributed by atoms with Crippen LogP contribution in [0.15, 0.2) is 28.2 Å². The van der Waals surface area contributed by atoms with Gasteiger partial charge in [0, 0.05) is 19.6 Å². The van der Waals surface area contributed by atoms with Gasteiger partial charge >= 0.3 is 5.97 Å². The van der Waals surface area contributed by atoms with E-state index in [1.54, 1.807) is 22.8 Å². The van der Waals surface area contributed by atoms with Crippen LogP contribution in [-0.2, 0) is 16.1 Å². The Morgan fingerprint density at radius 3 is 2.61 bits per heavy atom. The SMILES string of the molecule is COC(=O)c1ccc2c(=O)n(CC(C)C)c(SCC(=O)N3CCCC3)nc2c1.